The smallest absolute Gasteiger partial charge is 0.306 e. The van der Waals surface area contributed by atoms with Crippen molar-refractivity contribution in [3.8, 4) is 0 Å². The lowest BCUT2D eigenvalue weighted by Crippen LogP contribution is -2.50. The minimum atomic E-state index is -1.13. The third-order valence-electron chi connectivity index (χ3n) is 4.87. The molecule has 0 unspecified atom stereocenters. The maximum absolute atomic E-state index is 12.8. The summed E-state index contributed by atoms with van der Waals surface area (Å²) in [7, 11) is 1.23. The molecule has 0 atom stereocenters. The third-order valence-corrected chi connectivity index (χ3v) is 4.87. The van der Waals surface area contributed by atoms with Crippen molar-refractivity contribution in [3.05, 3.63) is 0 Å². The Morgan fingerprint density at radius 2 is 0.838 bits per heavy atom. The molecule has 0 heterocycles. The first-order valence-corrected chi connectivity index (χ1v) is 12.7. The Labute approximate surface area is 221 Å². The number of hydrogen-bond donors (Lipinski definition) is 1. The zero-order valence-corrected chi connectivity index (χ0v) is 24.3. The number of rotatable bonds is 13. The van der Waals surface area contributed by atoms with Crippen LogP contribution >= 0.6 is 0 Å². The molecule has 1 N–H and O–H groups in total. The van der Waals surface area contributed by atoms with Crippen LogP contribution in [0.5, 0.6) is 0 Å². The van der Waals surface area contributed by atoms with Gasteiger partial charge in [0.15, 0.2) is 0 Å². The standard InChI is InChI=1S/C27H47NO9/c1-24(2,3)35-21(31)13-16-27(17-14-22(32)36-25(4,5)6,18-15-23(33)37-26(7,8)9)28-19(29)11-12-20(30)34-10/h11-18H2,1-10H3,(H,28,29). The van der Waals surface area contributed by atoms with Crippen molar-refractivity contribution in [1.82, 2.24) is 5.32 Å². The molecule has 0 saturated heterocycles. The van der Waals surface area contributed by atoms with Gasteiger partial charge in [-0.3, -0.25) is 24.0 Å². The molecule has 0 bridgehead atoms. The second-order valence-electron chi connectivity index (χ2n) is 12.2. The number of amides is 1. The second kappa shape index (κ2) is 14.3. The van der Waals surface area contributed by atoms with Gasteiger partial charge in [-0.2, -0.15) is 0 Å². The number of carbonyl (C=O) groups excluding carboxylic acids is 5. The van der Waals surface area contributed by atoms with Gasteiger partial charge in [-0.15, -0.1) is 0 Å². The molecule has 0 aromatic heterocycles. The zero-order chi connectivity index (χ0) is 29.1. The van der Waals surface area contributed by atoms with E-state index in [2.05, 4.69) is 10.1 Å². The summed E-state index contributed by atoms with van der Waals surface area (Å²) in [5.41, 5.74) is -3.22. The fourth-order valence-corrected chi connectivity index (χ4v) is 3.44. The number of ether oxygens (including phenoxy) is 4. The Kier molecular flexibility index (Phi) is 13.3. The molecule has 37 heavy (non-hydrogen) atoms. The minimum Gasteiger partial charge on any atom is -0.469 e. The van der Waals surface area contributed by atoms with Crippen LogP contribution in [0.3, 0.4) is 0 Å². The average Bonchev–Trinajstić information content (AvgIpc) is 2.69. The first-order valence-electron chi connectivity index (χ1n) is 12.7. The van der Waals surface area contributed by atoms with Crippen molar-refractivity contribution < 1.29 is 42.9 Å². The fourth-order valence-electron chi connectivity index (χ4n) is 3.44. The van der Waals surface area contributed by atoms with E-state index in [1.807, 2.05) is 0 Å². The molecule has 0 aromatic rings. The molecule has 0 aliphatic carbocycles. The first kappa shape index (κ1) is 34.4. The van der Waals surface area contributed by atoms with Gasteiger partial charge in [0.2, 0.25) is 5.91 Å². The van der Waals surface area contributed by atoms with E-state index < -0.39 is 52.1 Å². The molecule has 0 saturated carbocycles. The van der Waals surface area contributed by atoms with Gasteiger partial charge in [0.25, 0.3) is 0 Å². The van der Waals surface area contributed by atoms with Gasteiger partial charge >= 0.3 is 23.9 Å². The minimum absolute atomic E-state index is 0.0583. The lowest BCUT2D eigenvalue weighted by molar-refractivity contribution is -0.155. The molecule has 10 heteroatoms. The summed E-state index contributed by atoms with van der Waals surface area (Å²) < 4.78 is 20.9. The van der Waals surface area contributed by atoms with E-state index in [0.717, 1.165) is 0 Å². The molecule has 0 aliphatic rings. The van der Waals surface area contributed by atoms with Crippen LogP contribution < -0.4 is 5.32 Å². The summed E-state index contributed by atoms with van der Waals surface area (Å²) in [5, 5.41) is 2.89. The summed E-state index contributed by atoms with van der Waals surface area (Å²) >= 11 is 0. The van der Waals surface area contributed by atoms with Crippen LogP contribution in [0.2, 0.25) is 0 Å². The van der Waals surface area contributed by atoms with Crippen LogP contribution in [-0.4, -0.2) is 59.2 Å². The van der Waals surface area contributed by atoms with Crippen LogP contribution in [-0.2, 0) is 42.9 Å². The largest absolute Gasteiger partial charge is 0.469 e. The number of esters is 4. The predicted octanol–water partition coefficient (Wildman–Crippen LogP) is 4.16. The first-order chi connectivity index (χ1) is 16.7. The molecule has 0 aliphatic heterocycles. The van der Waals surface area contributed by atoms with Crippen LogP contribution in [0.25, 0.3) is 0 Å². The number of methoxy groups -OCH3 is 1. The maximum Gasteiger partial charge on any atom is 0.306 e. The number of carbonyl (C=O) groups is 5. The molecule has 0 fully saturated rings. The molecule has 0 spiro atoms. The van der Waals surface area contributed by atoms with Crippen LogP contribution in [0.15, 0.2) is 0 Å². The lowest BCUT2D eigenvalue weighted by atomic mass is 9.83. The van der Waals surface area contributed by atoms with Crippen molar-refractivity contribution in [1.29, 1.82) is 0 Å². The summed E-state index contributed by atoms with van der Waals surface area (Å²) in [6, 6.07) is 0. The van der Waals surface area contributed by atoms with Crippen LogP contribution in [0.1, 0.15) is 114 Å². The zero-order valence-electron chi connectivity index (χ0n) is 24.3. The molecular weight excluding hydrogens is 482 g/mol. The van der Waals surface area contributed by atoms with E-state index in [-0.39, 0.29) is 51.4 Å². The lowest BCUT2D eigenvalue weighted by Gasteiger charge is -2.36. The molecule has 214 valence electrons. The van der Waals surface area contributed by atoms with Crippen LogP contribution in [0, 0.1) is 0 Å². The SMILES string of the molecule is COC(=O)CCC(=O)NC(CCC(=O)OC(C)(C)C)(CCC(=O)OC(C)(C)C)CCC(=O)OC(C)(C)C. The van der Waals surface area contributed by atoms with Crippen molar-refractivity contribution in [2.75, 3.05) is 7.11 Å². The summed E-state index contributed by atoms with van der Waals surface area (Å²) in [5.74, 6) is -2.44. The molecule has 0 rings (SSSR count). The number of nitrogens with one attached hydrogen (secondary N) is 1. The van der Waals surface area contributed by atoms with Crippen molar-refractivity contribution in [3.63, 3.8) is 0 Å². The molecular formula is C27H47NO9. The summed E-state index contributed by atoms with van der Waals surface area (Å²) in [4.78, 5) is 61.9. The summed E-state index contributed by atoms with van der Waals surface area (Å²) in [6.45, 7) is 15.7. The Morgan fingerprint density at radius 3 is 1.11 bits per heavy atom. The van der Waals surface area contributed by atoms with Crippen molar-refractivity contribution >= 4 is 29.8 Å². The van der Waals surface area contributed by atoms with E-state index in [4.69, 9.17) is 14.2 Å². The predicted molar refractivity (Wildman–Crippen MR) is 137 cm³/mol. The van der Waals surface area contributed by atoms with E-state index in [1.54, 1.807) is 62.3 Å². The highest BCUT2D eigenvalue weighted by Crippen LogP contribution is 2.29. The second-order valence-corrected chi connectivity index (χ2v) is 12.2. The molecule has 1 amide bonds. The topological polar surface area (TPSA) is 134 Å². The van der Waals surface area contributed by atoms with E-state index in [1.165, 1.54) is 7.11 Å². The quantitative estimate of drug-likeness (QED) is 0.276. The fraction of sp³-hybridized carbons (Fsp3) is 0.815. The molecule has 0 aromatic carbocycles. The van der Waals surface area contributed by atoms with E-state index in [9.17, 15) is 24.0 Å². The van der Waals surface area contributed by atoms with Gasteiger partial charge in [-0.05, 0) is 81.6 Å². The van der Waals surface area contributed by atoms with E-state index >= 15 is 0 Å². The molecule has 0 radical (unpaired) electrons. The van der Waals surface area contributed by atoms with Gasteiger partial charge in [-0.1, -0.05) is 0 Å². The average molecular weight is 530 g/mol. The highest BCUT2D eigenvalue weighted by atomic mass is 16.6. The van der Waals surface area contributed by atoms with Crippen LogP contribution in [0.4, 0.5) is 0 Å². The molecule has 10 nitrogen and oxygen atoms in total. The van der Waals surface area contributed by atoms with Gasteiger partial charge in [-0.25, -0.2) is 0 Å². The highest BCUT2D eigenvalue weighted by molar-refractivity contribution is 5.82. The third kappa shape index (κ3) is 18.3. The normalized spacial score (nSPS) is 12.4. The Bertz CT molecular complexity index is 719. The number of hydrogen-bond acceptors (Lipinski definition) is 9. The van der Waals surface area contributed by atoms with Gasteiger partial charge in [0, 0.05) is 31.2 Å². The Balaban J connectivity index is 5.92. The van der Waals surface area contributed by atoms with Crippen molar-refractivity contribution in [2.45, 2.75) is 136 Å². The Hall–Kier alpha value is -2.65. The van der Waals surface area contributed by atoms with E-state index in [0.29, 0.717) is 0 Å². The van der Waals surface area contributed by atoms with Gasteiger partial charge in [0.05, 0.1) is 13.5 Å². The maximum atomic E-state index is 12.8. The highest BCUT2D eigenvalue weighted by Gasteiger charge is 2.35. The van der Waals surface area contributed by atoms with Crippen molar-refractivity contribution in [2.24, 2.45) is 0 Å². The summed E-state index contributed by atoms with van der Waals surface area (Å²) in [6.07, 6.45) is -0.139. The van der Waals surface area contributed by atoms with Gasteiger partial charge < -0.3 is 24.3 Å². The monoisotopic (exact) mass is 529 g/mol. The Morgan fingerprint density at radius 1 is 0.514 bits per heavy atom. The van der Waals surface area contributed by atoms with Gasteiger partial charge in [0.1, 0.15) is 16.8 Å².